The zero-order valence-corrected chi connectivity index (χ0v) is 32.9. The molecule has 7 nitrogen and oxygen atoms in total. The average molecular weight is 763 g/mol. The van der Waals surface area contributed by atoms with Gasteiger partial charge in [-0.3, -0.25) is 4.40 Å². The number of aryl methyl sites for hydroxylation is 3. The van der Waals surface area contributed by atoms with Crippen LogP contribution in [0.15, 0.2) is 164 Å². The fraction of sp³-hybridized carbons (Fsp3) is 0.0769. The fourth-order valence-corrected chi connectivity index (χ4v) is 9.73. The first-order valence-corrected chi connectivity index (χ1v) is 20.1. The molecule has 0 bridgehead atoms. The van der Waals surface area contributed by atoms with Crippen LogP contribution in [-0.4, -0.2) is 25.6 Å². The van der Waals surface area contributed by atoms with E-state index in [0.717, 1.165) is 78.1 Å². The smallest absolute Gasteiger partial charge is 0.147 e. The van der Waals surface area contributed by atoms with Crippen LogP contribution in [0.25, 0.3) is 66.0 Å². The summed E-state index contributed by atoms with van der Waals surface area (Å²) in [6.45, 7) is 7.27. The van der Waals surface area contributed by atoms with Gasteiger partial charge in [0.15, 0.2) is 0 Å². The lowest BCUT2D eigenvalue weighted by molar-refractivity contribution is 0.484. The summed E-state index contributed by atoms with van der Waals surface area (Å²) in [5, 5.41) is 5.52. The largest absolute Gasteiger partial charge is 0.457 e. The van der Waals surface area contributed by atoms with Gasteiger partial charge in [0.25, 0.3) is 0 Å². The molecule has 7 heteroatoms. The Morgan fingerprint density at radius 3 is 2.05 bits per heavy atom. The number of hydrogen-bond donors (Lipinski definition) is 0. The highest BCUT2D eigenvalue weighted by atomic mass is 16.5. The Labute approximate surface area is 340 Å². The van der Waals surface area contributed by atoms with Crippen LogP contribution >= 0.6 is 0 Å². The first-order chi connectivity index (χ1) is 29.0. The van der Waals surface area contributed by atoms with Crippen LogP contribution in [0.1, 0.15) is 16.7 Å². The van der Waals surface area contributed by atoms with E-state index in [4.69, 9.17) is 14.7 Å². The lowest BCUT2D eigenvalue weighted by Crippen LogP contribution is -2.25. The molecule has 0 N–H and O–H groups in total. The van der Waals surface area contributed by atoms with Gasteiger partial charge in [-0.25, -0.2) is 9.97 Å². The van der Waals surface area contributed by atoms with Crippen LogP contribution in [-0.2, 0) is 0 Å². The summed E-state index contributed by atoms with van der Waals surface area (Å²) in [6, 6.07) is 55.9. The molecule has 282 valence electrons. The minimum atomic E-state index is 0.649. The Hall–Kier alpha value is -7.64. The standard InChI is InChI=1S/C52H38N6O/c1-32-26-33(2)50(34(3)27-32)56-31-55(45-21-11-12-22-46(45)56)47-29-37(30-48-49(47)40-16-7-9-19-43(40)57(48)35-14-5-4-6-15-35)59-36-23-24-38-39-17-13-25-53-51(39)58-44-20-10-8-18-42(44)54-52(58)41(38)28-36/h4-30H,31H2,1-3H3. The molecular weight excluding hydrogens is 725 g/mol. The molecule has 1 aliphatic heterocycles. The van der Waals surface area contributed by atoms with Gasteiger partial charge >= 0.3 is 0 Å². The predicted octanol–water partition coefficient (Wildman–Crippen LogP) is 13.3. The molecule has 12 rings (SSSR count). The molecule has 11 aromatic rings. The Kier molecular flexibility index (Phi) is 7.20. The van der Waals surface area contributed by atoms with Gasteiger partial charge in [-0.05, 0) is 110 Å². The van der Waals surface area contributed by atoms with Gasteiger partial charge in [0.05, 0.1) is 39.1 Å². The molecule has 7 aromatic carbocycles. The highest BCUT2D eigenvalue weighted by Crippen LogP contribution is 2.50. The van der Waals surface area contributed by atoms with Crippen molar-refractivity contribution in [2.75, 3.05) is 16.5 Å². The molecule has 5 heterocycles. The van der Waals surface area contributed by atoms with E-state index in [2.05, 4.69) is 185 Å². The third kappa shape index (κ3) is 5.01. The molecule has 0 radical (unpaired) electrons. The Balaban J connectivity index is 1.09. The molecule has 0 fully saturated rings. The van der Waals surface area contributed by atoms with Crippen LogP contribution in [0, 0.1) is 20.8 Å². The number of aromatic nitrogens is 4. The summed E-state index contributed by atoms with van der Waals surface area (Å²) in [6.07, 6.45) is 1.85. The van der Waals surface area contributed by atoms with E-state index in [1.54, 1.807) is 0 Å². The van der Waals surface area contributed by atoms with Crippen molar-refractivity contribution in [2.45, 2.75) is 20.8 Å². The summed E-state index contributed by atoms with van der Waals surface area (Å²) in [5.41, 5.74) is 15.5. The van der Waals surface area contributed by atoms with Crippen molar-refractivity contribution in [2.24, 2.45) is 0 Å². The number of nitrogens with zero attached hydrogens (tertiary/aromatic N) is 6. The van der Waals surface area contributed by atoms with E-state index in [-0.39, 0.29) is 0 Å². The Morgan fingerprint density at radius 1 is 0.508 bits per heavy atom. The molecule has 1 aliphatic rings. The number of imidazole rings is 1. The minimum Gasteiger partial charge on any atom is -0.457 e. The summed E-state index contributed by atoms with van der Waals surface area (Å²) < 4.78 is 11.6. The van der Waals surface area contributed by atoms with Crippen molar-refractivity contribution >= 4 is 83.0 Å². The molecule has 0 atom stereocenters. The number of para-hydroxylation sites is 6. The van der Waals surface area contributed by atoms with Crippen LogP contribution in [0.5, 0.6) is 11.5 Å². The van der Waals surface area contributed by atoms with Crippen molar-refractivity contribution in [3.63, 3.8) is 0 Å². The van der Waals surface area contributed by atoms with Crippen molar-refractivity contribution in [1.82, 2.24) is 18.9 Å². The molecule has 0 unspecified atom stereocenters. The molecule has 59 heavy (non-hydrogen) atoms. The summed E-state index contributed by atoms with van der Waals surface area (Å²) in [7, 11) is 0. The predicted molar refractivity (Wildman–Crippen MR) is 243 cm³/mol. The zero-order valence-electron chi connectivity index (χ0n) is 32.9. The van der Waals surface area contributed by atoms with E-state index >= 15 is 0 Å². The first-order valence-electron chi connectivity index (χ1n) is 20.1. The SMILES string of the molecule is Cc1cc(C)c(N2CN(c3cc(Oc4ccc5c6cccnc6n6c7ccccc7nc6c5c4)cc4c3c3ccccc3n4-c3ccccc3)c3ccccc32)c(C)c1. The van der Waals surface area contributed by atoms with Crippen molar-refractivity contribution in [1.29, 1.82) is 0 Å². The molecule has 4 aromatic heterocycles. The fourth-order valence-electron chi connectivity index (χ4n) is 9.73. The second-order valence-electron chi connectivity index (χ2n) is 15.7. The van der Waals surface area contributed by atoms with Crippen LogP contribution in [0.4, 0.5) is 22.7 Å². The summed E-state index contributed by atoms with van der Waals surface area (Å²) in [4.78, 5) is 14.9. The number of pyridine rings is 2. The van der Waals surface area contributed by atoms with Crippen molar-refractivity contribution < 1.29 is 4.74 Å². The monoisotopic (exact) mass is 762 g/mol. The highest BCUT2D eigenvalue weighted by Gasteiger charge is 2.32. The molecule has 0 amide bonds. The normalized spacial score (nSPS) is 12.9. The van der Waals surface area contributed by atoms with Gasteiger partial charge in [0.2, 0.25) is 0 Å². The zero-order chi connectivity index (χ0) is 39.4. The van der Waals surface area contributed by atoms with Gasteiger partial charge in [-0.15, -0.1) is 0 Å². The van der Waals surface area contributed by atoms with Crippen molar-refractivity contribution in [3.8, 4) is 17.2 Å². The number of rotatable bonds is 5. The molecule has 0 aliphatic carbocycles. The lowest BCUT2D eigenvalue weighted by Gasteiger charge is -2.26. The number of anilines is 4. The molecular formula is C52H38N6O. The van der Waals surface area contributed by atoms with Gasteiger partial charge < -0.3 is 19.1 Å². The Bertz CT molecular complexity index is 3490. The number of benzene rings is 7. The highest BCUT2D eigenvalue weighted by molar-refractivity contribution is 6.17. The van der Waals surface area contributed by atoms with E-state index < -0.39 is 0 Å². The quantitative estimate of drug-likeness (QED) is 0.163. The maximum Gasteiger partial charge on any atom is 0.147 e. The number of ether oxygens (including phenoxy) is 1. The third-order valence-electron chi connectivity index (χ3n) is 12.0. The third-order valence-corrected chi connectivity index (χ3v) is 12.0. The van der Waals surface area contributed by atoms with Crippen LogP contribution in [0.3, 0.4) is 0 Å². The second kappa shape index (κ2) is 12.7. The van der Waals surface area contributed by atoms with E-state index in [1.165, 1.54) is 38.8 Å². The van der Waals surface area contributed by atoms with E-state index in [0.29, 0.717) is 6.67 Å². The summed E-state index contributed by atoms with van der Waals surface area (Å²) >= 11 is 0. The van der Waals surface area contributed by atoms with Crippen molar-refractivity contribution in [3.05, 3.63) is 181 Å². The molecule has 0 saturated carbocycles. The van der Waals surface area contributed by atoms with Gasteiger partial charge in [0.1, 0.15) is 29.5 Å². The lowest BCUT2D eigenvalue weighted by atomic mass is 10.0. The van der Waals surface area contributed by atoms with Gasteiger partial charge in [-0.2, -0.15) is 0 Å². The first kappa shape index (κ1) is 33.5. The van der Waals surface area contributed by atoms with E-state index in [9.17, 15) is 0 Å². The van der Waals surface area contributed by atoms with Gasteiger partial charge in [-0.1, -0.05) is 78.4 Å². The number of hydrogen-bond acceptors (Lipinski definition) is 5. The molecule has 0 saturated heterocycles. The van der Waals surface area contributed by atoms with Gasteiger partial charge in [0, 0.05) is 51.2 Å². The van der Waals surface area contributed by atoms with Crippen LogP contribution in [0.2, 0.25) is 0 Å². The Morgan fingerprint density at radius 2 is 1.22 bits per heavy atom. The van der Waals surface area contributed by atoms with E-state index in [1.807, 2.05) is 18.3 Å². The minimum absolute atomic E-state index is 0.649. The maximum atomic E-state index is 7.06. The maximum absolute atomic E-state index is 7.06. The summed E-state index contributed by atoms with van der Waals surface area (Å²) in [5.74, 6) is 1.48. The topological polar surface area (TPSA) is 50.8 Å². The van der Waals surface area contributed by atoms with Crippen LogP contribution < -0.4 is 14.5 Å². The molecule has 0 spiro atoms. The average Bonchev–Trinajstić information content (AvgIpc) is 3.94. The number of fused-ring (bicyclic) bond motifs is 12. The second-order valence-corrected chi connectivity index (χ2v) is 15.7.